The van der Waals surface area contributed by atoms with Crippen molar-refractivity contribution in [2.24, 2.45) is 0 Å². The topological polar surface area (TPSA) is 26.3 Å². The second-order valence-corrected chi connectivity index (χ2v) is 4.37. The van der Waals surface area contributed by atoms with Crippen LogP contribution in [0.2, 0.25) is 0 Å². The van der Waals surface area contributed by atoms with E-state index < -0.39 is 0 Å². The minimum Gasteiger partial charge on any atom is -0.469 e. The van der Waals surface area contributed by atoms with Crippen LogP contribution >= 0.6 is 11.6 Å². The fraction of sp³-hybridized carbons (Fsp3) is 0.462. The smallest absolute Gasteiger partial charge is 0.307 e. The molecule has 1 rings (SSSR count). The number of alkyl halides is 1. The van der Waals surface area contributed by atoms with E-state index in [4.69, 9.17) is 11.6 Å². The first-order valence-corrected chi connectivity index (χ1v) is 5.88. The minimum atomic E-state index is -0.259. The van der Waals surface area contributed by atoms with Gasteiger partial charge < -0.3 is 4.74 Å². The molecule has 16 heavy (non-hydrogen) atoms. The minimum absolute atomic E-state index is 0.195. The number of methoxy groups -OCH3 is 1. The van der Waals surface area contributed by atoms with Crippen LogP contribution in [0, 0.1) is 0 Å². The molecule has 0 bridgehead atoms. The lowest BCUT2D eigenvalue weighted by Gasteiger charge is -2.08. The molecule has 0 heterocycles. The molecule has 0 saturated carbocycles. The highest BCUT2D eigenvalue weighted by Gasteiger charge is 2.11. The largest absolute Gasteiger partial charge is 0.469 e. The molecule has 88 valence electrons. The zero-order valence-corrected chi connectivity index (χ0v) is 10.5. The van der Waals surface area contributed by atoms with Crippen molar-refractivity contribution in [2.45, 2.75) is 31.6 Å². The number of rotatable bonds is 5. The van der Waals surface area contributed by atoms with Gasteiger partial charge in [0.1, 0.15) is 0 Å². The van der Waals surface area contributed by atoms with Crippen molar-refractivity contribution in [1.29, 1.82) is 0 Å². The highest BCUT2D eigenvalue weighted by Crippen LogP contribution is 2.13. The third-order valence-electron chi connectivity index (χ3n) is 2.50. The fourth-order valence-electron chi connectivity index (χ4n) is 1.50. The number of carbonyl (C=O) groups is 1. The summed E-state index contributed by atoms with van der Waals surface area (Å²) in [7, 11) is 1.38. The van der Waals surface area contributed by atoms with Crippen molar-refractivity contribution in [3.05, 3.63) is 35.4 Å². The van der Waals surface area contributed by atoms with Gasteiger partial charge >= 0.3 is 5.97 Å². The van der Waals surface area contributed by atoms with Crippen LogP contribution in [0.5, 0.6) is 0 Å². The number of hydrogen-bond donors (Lipinski definition) is 0. The number of halogens is 1. The van der Waals surface area contributed by atoms with Crippen molar-refractivity contribution in [1.82, 2.24) is 0 Å². The van der Waals surface area contributed by atoms with Gasteiger partial charge in [-0.2, -0.15) is 0 Å². The Bertz CT molecular complexity index is 332. The SMILES string of the molecule is CCc1ccc(CC(Cl)CC(=O)OC)cc1. The van der Waals surface area contributed by atoms with Gasteiger partial charge in [-0.1, -0.05) is 31.2 Å². The molecule has 0 radical (unpaired) electrons. The molecule has 0 amide bonds. The number of hydrogen-bond acceptors (Lipinski definition) is 2. The van der Waals surface area contributed by atoms with Crippen LogP contribution in [0.25, 0.3) is 0 Å². The van der Waals surface area contributed by atoms with E-state index in [1.165, 1.54) is 12.7 Å². The van der Waals surface area contributed by atoms with Gasteiger partial charge in [0.05, 0.1) is 13.5 Å². The number of ether oxygens (including phenoxy) is 1. The third kappa shape index (κ3) is 4.23. The molecule has 0 N–H and O–H groups in total. The summed E-state index contributed by atoms with van der Waals surface area (Å²) in [5, 5.41) is -0.195. The van der Waals surface area contributed by atoms with E-state index in [0.29, 0.717) is 6.42 Å². The van der Waals surface area contributed by atoms with Crippen LogP contribution in [0.15, 0.2) is 24.3 Å². The molecule has 0 fully saturated rings. The second kappa shape index (κ2) is 6.54. The average Bonchev–Trinajstić information content (AvgIpc) is 2.29. The van der Waals surface area contributed by atoms with Gasteiger partial charge in [-0.25, -0.2) is 0 Å². The molecular weight excluding hydrogens is 224 g/mol. The van der Waals surface area contributed by atoms with E-state index in [2.05, 4.69) is 35.9 Å². The van der Waals surface area contributed by atoms with Gasteiger partial charge in [0.25, 0.3) is 0 Å². The Morgan fingerprint density at radius 2 is 1.88 bits per heavy atom. The van der Waals surface area contributed by atoms with Gasteiger partial charge in [0.2, 0.25) is 0 Å². The average molecular weight is 241 g/mol. The number of esters is 1. The summed E-state index contributed by atoms with van der Waals surface area (Å²) in [4.78, 5) is 11.0. The monoisotopic (exact) mass is 240 g/mol. The van der Waals surface area contributed by atoms with E-state index in [-0.39, 0.29) is 17.8 Å². The lowest BCUT2D eigenvalue weighted by molar-refractivity contribution is -0.140. The first-order valence-electron chi connectivity index (χ1n) is 5.44. The first kappa shape index (κ1) is 13.0. The maximum Gasteiger partial charge on any atom is 0.307 e. The maximum absolute atomic E-state index is 11.0. The lowest BCUT2D eigenvalue weighted by atomic mass is 10.0. The van der Waals surface area contributed by atoms with E-state index in [0.717, 1.165) is 12.0 Å². The number of carbonyl (C=O) groups excluding carboxylic acids is 1. The summed E-state index contributed by atoms with van der Waals surface area (Å²) >= 11 is 6.06. The number of aryl methyl sites for hydroxylation is 1. The van der Waals surface area contributed by atoms with Gasteiger partial charge in [0, 0.05) is 5.38 Å². The van der Waals surface area contributed by atoms with Crippen LogP contribution in [0.3, 0.4) is 0 Å². The van der Waals surface area contributed by atoms with Gasteiger partial charge in [-0.15, -0.1) is 11.6 Å². The molecule has 1 aromatic carbocycles. The van der Waals surface area contributed by atoms with E-state index in [1.807, 2.05) is 0 Å². The van der Waals surface area contributed by atoms with Gasteiger partial charge in [-0.3, -0.25) is 4.79 Å². The molecule has 0 aliphatic rings. The van der Waals surface area contributed by atoms with Crippen molar-refractivity contribution in [2.75, 3.05) is 7.11 Å². The molecule has 0 aromatic heterocycles. The standard InChI is InChI=1S/C13H17ClO2/c1-3-10-4-6-11(7-5-10)8-12(14)9-13(15)16-2/h4-7,12H,3,8-9H2,1-2H3. The molecule has 0 aliphatic heterocycles. The van der Waals surface area contributed by atoms with Crippen molar-refractivity contribution in [3.63, 3.8) is 0 Å². The molecule has 1 unspecified atom stereocenters. The predicted molar refractivity (Wildman–Crippen MR) is 65.8 cm³/mol. The van der Waals surface area contributed by atoms with E-state index >= 15 is 0 Å². The molecule has 0 aliphatic carbocycles. The molecule has 0 saturated heterocycles. The second-order valence-electron chi connectivity index (χ2n) is 3.75. The third-order valence-corrected chi connectivity index (χ3v) is 2.81. The van der Waals surface area contributed by atoms with Crippen LogP contribution < -0.4 is 0 Å². The fourth-order valence-corrected chi connectivity index (χ4v) is 1.81. The lowest BCUT2D eigenvalue weighted by Crippen LogP contribution is -2.12. The van der Waals surface area contributed by atoms with Crippen molar-refractivity contribution in [3.8, 4) is 0 Å². The molecule has 3 heteroatoms. The zero-order valence-electron chi connectivity index (χ0n) is 9.70. The highest BCUT2D eigenvalue weighted by atomic mass is 35.5. The van der Waals surface area contributed by atoms with E-state index in [1.54, 1.807) is 0 Å². The van der Waals surface area contributed by atoms with Crippen molar-refractivity contribution >= 4 is 17.6 Å². The number of benzene rings is 1. The zero-order chi connectivity index (χ0) is 12.0. The Labute approximate surface area is 102 Å². The van der Waals surface area contributed by atoms with Crippen LogP contribution in [-0.2, 0) is 22.4 Å². The summed E-state index contributed by atoms with van der Waals surface area (Å²) < 4.78 is 4.57. The van der Waals surface area contributed by atoms with Crippen LogP contribution in [0.4, 0.5) is 0 Å². The molecule has 2 nitrogen and oxygen atoms in total. The summed E-state index contributed by atoms with van der Waals surface area (Å²) in [5.74, 6) is -0.259. The Balaban J connectivity index is 2.49. The summed E-state index contributed by atoms with van der Waals surface area (Å²) in [5.41, 5.74) is 2.46. The quantitative estimate of drug-likeness (QED) is 0.584. The highest BCUT2D eigenvalue weighted by molar-refractivity contribution is 6.21. The maximum atomic E-state index is 11.0. The van der Waals surface area contributed by atoms with Crippen LogP contribution in [0.1, 0.15) is 24.5 Å². The molecule has 0 spiro atoms. The molecular formula is C13H17ClO2. The van der Waals surface area contributed by atoms with Gasteiger partial charge in [0.15, 0.2) is 0 Å². The van der Waals surface area contributed by atoms with Crippen LogP contribution in [-0.4, -0.2) is 18.5 Å². The molecule has 1 aromatic rings. The Kier molecular flexibility index (Phi) is 5.33. The Hall–Kier alpha value is -1.02. The summed E-state index contributed by atoms with van der Waals surface area (Å²) in [6.45, 7) is 2.12. The van der Waals surface area contributed by atoms with Crippen molar-refractivity contribution < 1.29 is 9.53 Å². The Morgan fingerprint density at radius 3 is 2.38 bits per heavy atom. The van der Waals surface area contributed by atoms with Gasteiger partial charge in [-0.05, 0) is 24.0 Å². The summed E-state index contributed by atoms with van der Waals surface area (Å²) in [6.07, 6.45) is 1.99. The summed E-state index contributed by atoms with van der Waals surface area (Å²) in [6, 6.07) is 8.31. The predicted octanol–water partition coefficient (Wildman–Crippen LogP) is 2.96. The first-order chi connectivity index (χ1) is 7.65. The Morgan fingerprint density at radius 1 is 1.31 bits per heavy atom. The molecule has 1 atom stereocenters. The van der Waals surface area contributed by atoms with E-state index in [9.17, 15) is 4.79 Å². The normalized spacial score (nSPS) is 12.2.